The van der Waals surface area contributed by atoms with E-state index in [4.69, 9.17) is 9.47 Å². The van der Waals surface area contributed by atoms with Crippen LogP contribution < -0.4 is 14.8 Å². The van der Waals surface area contributed by atoms with Gasteiger partial charge in [0.2, 0.25) is 6.79 Å². The van der Waals surface area contributed by atoms with E-state index >= 15 is 0 Å². The molecule has 1 saturated carbocycles. The van der Waals surface area contributed by atoms with Crippen molar-refractivity contribution in [2.45, 2.75) is 32.4 Å². The van der Waals surface area contributed by atoms with Crippen LogP contribution in [0, 0.1) is 12.8 Å². The Labute approximate surface area is 128 Å². The summed E-state index contributed by atoms with van der Waals surface area (Å²) in [6, 6.07) is 6.43. The molecule has 2 aromatic rings. The number of aryl methyl sites for hydroxylation is 1. The van der Waals surface area contributed by atoms with E-state index in [1.807, 2.05) is 18.3 Å². The van der Waals surface area contributed by atoms with Crippen molar-refractivity contribution < 1.29 is 9.47 Å². The minimum atomic E-state index is 0.323. The summed E-state index contributed by atoms with van der Waals surface area (Å²) in [6.07, 6.45) is 4.56. The number of aromatic nitrogens is 1. The predicted molar refractivity (Wildman–Crippen MR) is 81.7 cm³/mol. The average Bonchev–Trinajstić information content (AvgIpc) is 3.04. The van der Waals surface area contributed by atoms with Crippen LogP contribution in [0.5, 0.6) is 11.5 Å². The molecule has 0 radical (unpaired) electrons. The summed E-state index contributed by atoms with van der Waals surface area (Å²) in [5, 5.41) is 4.88. The van der Waals surface area contributed by atoms with Crippen molar-refractivity contribution in [2.24, 2.45) is 5.92 Å². The first-order valence-corrected chi connectivity index (χ1v) is 8.16. The fraction of sp³-hybridized carbons (Fsp3) is 0.438. The van der Waals surface area contributed by atoms with Gasteiger partial charge in [0.05, 0.1) is 6.04 Å². The summed E-state index contributed by atoms with van der Waals surface area (Å²) in [5.74, 6) is 2.46. The van der Waals surface area contributed by atoms with Crippen LogP contribution in [0.2, 0.25) is 0 Å². The smallest absolute Gasteiger partial charge is 0.231 e. The van der Waals surface area contributed by atoms with Gasteiger partial charge in [-0.05, 0) is 31.7 Å². The molecular formula is C16H18N2O2S. The molecule has 4 rings (SSSR count). The van der Waals surface area contributed by atoms with Gasteiger partial charge in [0.25, 0.3) is 0 Å². The molecule has 1 aliphatic heterocycles. The second-order valence-electron chi connectivity index (χ2n) is 5.66. The standard InChI is InChI=1S/C16H18N2O2S/c1-10-7-18-16(21-10)14(11-5-6-11)17-8-12-3-2-4-13-15(12)20-9-19-13/h2-4,7,11,14,17H,5-6,8-9H2,1H3/t14-/m1/s1. The van der Waals surface area contributed by atoms with Crippen LogP contribution >= 0.6 is 11.3 Å². The third kappa shape index (κ3) is 2.63. The van der Waals surface area contributed by atoms with Crippen LogP contribution in [0.1, 0.15) is 34.3 Å². The Morgan fingerprint density at radius 3 is 3.05 bits per heavy atom. The minimum absolute atomic E-state index is 0.323. The van der Waals surface area contributed by atoms with Gasteiger partial charge in [-0.3, -0.25) is 0 Å². The van der Waals surface area contributed by atoms with Crippen LogP contribution in [-0.2, 0) is 6.54 Å². The number of fused-ring (bicyclic) bond motifs is 1. The van der Waals surface area contributed by atoms with Gasteiger partial charge in [0.1, 0.15) is 5.01 Å². The van der Waals surface area contributed by atoms with Crippen molar-refractivity contribution in [3.8, 4) is 11.5 Å². The fourth-order valence-electron chi connectivity index (χ4n) is 2.75. The summed E-state index contributed by atoms with van der Waals surface area (Å²) in [7, 11) is 0. The predicted octanol–water partition coefficient (Wildman–Crippen LogP) is 3.42. The molecule has 110 valence electrons. The lowest BCUT2D eigenvalue weighted by atomic mass is 10.1. The molecule has 0 amide bonds. The Hall–Kier alpha value is -1.59. The van der Waals surface area contributed by atoms with Gasteiger partial charge in [0, 0.05) is 23.2 Å². The normalized spacial score (nSPS) is 18.0. The zero-order valence-corrected chi connectivity index (χ0v) is 12.8. The highest BCUT2D eigenvalue weighted by Crippen LogP contribution is 2.43. The minimum Gasteiger partial charge on any atom is -0.454 e. The summed E-state index contributed by atoms with van der Waals surface area (Å²) in [5.41, 5.74) is 1.16. The Kier molecular flexibility index (Phi) is 3.31. The van der Waals surface area contributed by atoms with E-state index in [-0.39, 0.29) is 0 Å². The van der Waals surface area contributed by atoms with Crippen molar-refractivity contribution in [3.63, 3.8) is 0 Å². The largest absolute Gasteiger partial charge is 0.454 e. The third-order valence-electron chi connectivity index (χ3n) is 3.99. The number of para-hydroxylation sites is 1. The molecule has 2 heterocycles. The maximum absolute atomic E-state index is 5.57. The monoisotopic (exact) mass is 302 g/mol. The highest BCUT2D eigenvalue weighted by molar-refractivity contribution is 7.11. The summed E-state index contributed by atoms with van der Waals surface area (Å²) in [4.78, 5) is 5.84. The van der Waals surface area contributed by atoms with Gasteiger partial charge < -0.3 is 14.8 Å². The molecule has 21 heavy (non-hydrogen) atoms. The van der Waals surface area contributed by atoms with Crippen molar-refractivity contribution >= 4 is 11.3 Å². The first-order valence-electron chi connectivity index (χ1n) is 7.34. The van der Waals surface area contributed by atoms with Crippen LogP contribution in [0.15, 0.2) is 24.4 Å². The second-order valence-corrected chi connectivity index (χ2v) is 6.92. The molecule has 2 aliphatic rings. The number of hydrogen-bond acceptors (Lipinski definition) is 5. The molecule has 4 nitrogen and oxygen atoms in total. The molecule has 5 heteroatoms. The van der Waals surface area contributed by atoms with E-state index < -0.39 is 0 Å². The molecule has 1 aliphatic carbocycles. The number of rotatable bonds is 5. The van der Waals surface area contributed by atoms with Crippen molar-refractivity contribution in [3.05, 3.63) is 39.8 Å². The van der Waals surface area contributed by atoms with E-state index in [0.717, 1.165) is 29.5 Å². The van der Waals surface area contributed by atoms with Crippen LogP contribution in [0.4, 0.5) is 0 Å². The van der Waals surface area contributed by atoms with Gasteiger partial charge in [-0.15, -0.1) is 11.3 Å². The van der Waals surface area contributed by atoms with E-state index in [9.17, 15) is 0 Å². The molecule has 1 aromatic carbocycles. The Morgan fingerprint density at radius 1 is 1.38 bits per heavy atom. The summed E-state index contributed by atoms with van der Waals surface area (Å²) in [6.45, 7) is 3.22. The van der Waals surface area contributed by atoms with Crippen LogP contribution in [0.25, 0.3) is 0 Å². The molecule has 1 N–H and O–H groups in total. The van der Waals surface area contributed by atoms with Gasteiger partial charge in [0.15, 0.2) is 11.5 Å². The van der Waals surface area contributed by atoms with E-state index in [0.29, 0.717) is 12.8 Å². The van der Waals surface area contributed by atoms with E-state index in [1.54, 1.807) is 11.3 Å². The maximum Gasteiger partial charge on any atom is 0.231 e. The lowest BCUT2D eigenvalue weighted by Crippen LogP contribution is -2.22. The van der Waals surface area contributed by atoms with Crippen molar-refractivity contribution in [1.82, 2.24) is 10.3 Å². The van der Waals surface area contributed by atoms with Crippen molar-refractivity contribution in [2.75, 3.05) is 6.79 Å². The fourth-order valence-corrected chi connectivity index (χ4v) is 3.69. The third-order valence-corrected chi connectivity index (χ3v) is 4.99. The zero-order chi connectivity index (χ0) is 14.2. The molecule has 1 aromatic heterocycles. The van der Waals surface area contributed by atoms with Gasteiger partial charge in [-0.2, -0.15) is 0 Å². The number of benzene rings is 1. The second kappa shape index (κ2) is 5.31. The highest BCUT2D eigenvalue weighted by atomic mass is 32.1. The number of nitrogens with one attached hydrogen (secondary N) is 1. The quantitative estimate of drug-likeness (QED) is 0.919. The molecule has 1 atom stereocenters. The molecule has 1 fully saturated rings. The SMILES string of the molecule is Cc1cnc([C@H](NCc2cccc3c2OCO3)C2CC2)s1. The number of hydrogen-bond donors (Lipinski definition) is 1. The molecule has 0 spiro atoms. The highest BCUT2D eigenvalue weighted by Gasteiger charge is 2.34. The lowest BCUT2D eigenvalue weighted by Gasteiger charge is -2.16. The summed E-state index contributed by atoms with van der Waals surface area (Å²) < 4.78 is 11.0. The topological polar surface area (TPSA) is 43.4 Å². The lowest BCUT2D eigenvalue weighted by molar-refractivity contribution is 0.173. The van der Waals surface area contributed by atoms with E-state index in [1.165, 1.54) is 22.7 Å². The Morgan fingerprint density at radius 2 is 2.29 bits per heavy atom. The molecule has 0 unspecified atom stereocenters. The first-order chi connectivity index (χ1) is 10.3. The zero-order valence-electron chi connectivity index (χ0n) is 12.0. The van der Waals surface area contributed by atoms with Gasteiger partial charge >= 0.3 is 0 Å². The molecular weight excluding hydrogens is 284 g/mol. The van der Waals surface area contributed by atoms with Crippen LogP contribution in [-0.4, -0.2) is 11.8 Å². The Bertz CT molecular complexity index is 651. The van der Waals surface area contributed by atoms with E-state index in [2.05, 4.69) is 23.3 Å². The maximum atomic E-state index is 5.57. The summed E-state index contributed by atoms with van der Waals surface area (Å²) >= 11 is 1.80. The number of thiazole rings is 1. The van der Waals surface area contributed by atoms with Gasteiger partial charge in [-0.25, -0.2) is 4.98 Å². The van der Waals surface area contributed by atoms with Gasteiger partial charge in [-0.1, -0.05) is 12.1 Å². The molecule has 0 saturated heterocycles. The first kappa shape index (κ1) is 13.1. The Balaban J connectivity index is 1.51. The average molecular weight is 302 g/mol. The van der Waals surface area contributed by atoms with Crippen molar-refractivity contribution in [1.29, 1.82) is 0 Å². The molecule has 0 bridgehead atoms. The number of nitrogens with zero attached hydrogens (tertiary/aromatic N) is 1. The number of ether oxygens (including phenoxy) is 2. The van der Waals surface area contributed by atoms with Crippen LogP contribution in [0.3, 0.4) is 0 Å².